The quantitative estimate of drug-likeness (QED) is 0.380. The minimum atomic E-state index is -0.200. The fourth-order valence-corrected chi connectivity index (χ4v) is 4.88. The third-order valence-electron chi connectivity index (χ3n) is 6.69. The van der Waals surface area contributed by atoms with Crippen molar-refractivity contribution in [2.24, 2.45) is 5.92 Å². The molecule has 0 bridgehead atoms. The number of rotatable bonds is 8. The van der Waals surface area contributed by atoms with Crippen LogP contribution in [0.2, 0.25) is 0 Å². The van der Waals surface area contributed by atoms with Crippen LogP contribution in [0.1, 0.15) is 43.7 Å². The Labute approximate surface area is 220 Å². The van der Waals surface area contributed by atoms with E-state index in [9.17, 15) is 9.59 Å². The maximum atomic E-state index is 12.5. The van der Waals surface area contributed by atoms with Crippen LogP contribution in [-0.2, 0) is 16.1 Å². The van der Waals surface area contributed by atoms with E-state index in [1.807, 2.05) is 36.4 Å². The van der Waals surface area contributed by atoms with Gasteiger partial charge in [0.15, 0.2) is 0 Å². The first-order chi connectivity index (χ1) is 17.3. The number of amides is 2. The summed E-state index contributed by atoms with van der Waals surface area (Å²) in [4.78, 5) is 32.0. The molecule has 1 aliphatic heterocycles. The smallest absolute Gasteiger partial charge is 0.224 e. The van der Waals surface area contributed by atoms with Gasteiger partial charge in [-0.05, 0) is 73.7 Å². The van der Waals surface area contributed by atoms with Crippen molar-refractivity contribution < 1.29 is 14.3 Å². The highest BCUT2D eigenvalue weighted by molar-refractivity contribution is 9.10. The molecule has 0 unspecified atom stereocenters. The van der Waals surface area contributed by atoms with Crippen LogP contribution < -0.4 is 20.3 Å². The topological polar surface area (TPSA) is 83.6 Å². The van der Waals surface area contributed by atoms with Crippen LogP contribution >= 0.6 is 15.9 Å². The molecule has 0 atom stereocenters. The number of hydrogen-bond donors (Lipinski definition) is 2. The standard InChI is InChI=1S/C28H33BrN4O3/c1-18-10-12-33(13-11-18)26-14-19(2)23-16-22(5-6-24(23)32-26)31-28(35)9-8-27(34)30-17-20-15-21(29)4-7-25(20)36-3/h4-7,14-16,18H,8-13,17H2,1-3H3,(H,30,34)(H,31,35). The third kappa shape index (κ3) is 6.55. The second kappa shape index (κ2) is 11.7. The van der Waals surface area contributed by atoms with E-state index in [-0.39, 0.29) is 24.7 Å². The van der Waals surface area contributed by atoms with Crippen LogP contribution in [-0.4, -0.2) is 37.0 Å². The van der Waals surface area contributed by atoms with Crippen molar-refractivity contribution in [3.05, 3.63) is 58.1 Å². The van der Waals surface area contributed by atoms with Gasteiger partial charge >= 0.3 is 0 Å². The first kappa shape index (κ1) is 25.9. The zero-order chi connectivity index (χ0) is 25.7. The van der Waals surface area contributed by atoms with E-state index in [2.05, 4.69) is 51.4 Å². The molecule has 2 N–H and O–H groups in total. The van der Waals surface area contributed by atoms with Gasteiger partial charge in [-0.15, -0.1) is 0 Å². The number of pyridine rings is 1. The number of hydrogen-bond acceptors (Lipinski definition) is 5. The number of ether oxygens (including phenoxy) is 1. The summed E-state index contributed by atoms with van der Waals surface area (Å²) < 4.78 is 6.24. The third-order valence-corrected chi connectivity index (χ3v) is 7.18. The van der Waals surface area contributed by atoms with Crippen molar-refractivity contribution in [1.29, 1.82) is 0 Å². The second-order valence-electron chi connectivity index (χ2n) is 9.48. The Morgan fingerprint density at radius 2 is 1.83 bits per heavy atom. The molecule has 0 spiro atoms. The van der Waals surface area contributed by atoms with Crippen LogP contribution in [0.5, 0.6) is 5.75 Å². The maximum absolute atomic E-state index is 12.5. The van der Waals surface area contributed by atoms with E-state index in [0.717, 1.165) is 51.3 Å². The van der Waals surface area contributed by atoms with Crippen molar-refractivity contribution in [2.45, 2.75) is 46.1 Å². The Morgan fingerprint density at radius 1 is 1.08 bits per heavy atom. The SMILES string of the molecule is COc1ccc(Br)cc1CNC(=O)CCC(=O)Nc1ccc2nc(N3CCC(C)CC3)cc(C)c2c1. The first-order valence-corrected chi connectivity index (χ1v) is 13.2. The van der Waals surface area contributed by atoms with E-state index in [1.165, 1.54) is 12.8 Å². The summed E-state index contributed by atoms with van der Waals surface area (Å²) in [6, 6.07) is 13.5. The van der Waals surface area contributed by atoms with Gasteiger partial charge < -0.3 is 20.3 Å². The lowest BCUT2D eigenvalue weighted by Gasteiger charge is -2.31. The molecular weight excluding hydrogens is 520 g/mol. The van der Waals surface area contributed by atoms with Crippen LogP contribution in [0.4, 0.5) is 11.5 Å². The molecule has 0 saturated carbocycles. The summed E-state index contributed by atoms with van der Waals surface area (Å²) in [7, 11) is 1.59. The molecule has 2 heterocycles. The van der Waals surface area contributed by atoms with E-state index in [4.69, 9.17) is 9.72 Å². The van der Waals surface area contributed by atoms with Crippen LogP contribution in [0.15, 0.2) is 46.9 Å². The van der Waals surface area contributed by atoms with Gasteiger partial charge in [-0.1, -0.05) is 22.9 Å². The number of carbonyl (C=O) groups is 2. The number of fused-ring (bicyclic) bond motifs is 1. The Balaban J connectivity index is 1.31. The molecule has 4 rings (SSSR count). The zero-order valence-electron chi connectivity index (χ0n) is 21.1. The number of benzene rings is 2. The number of aromatic nitrogens is 1. The van der Waals surface area contributed by atoms with Gasteiger partial charge in [0.05, 0.1) is 12.6 Å². The molecule has 7 nitrogen and oxygen atoms in total. The highest BCUT2D eigenvalue weighted by atomic mass is 79.9. The number of carbonyl (C=O) groups excluding carboxylic acids is 2. The summed E-state index contributed by atoms with van der Waals surface area (Å²) in [6.45, 7) is 6.79. The zero-order valence-corrected chi connectivity index (χ0v) is 22.7. The Bertz CT molecular complexity index is 1260. The average Bonchev–Trinajstić information content (AvgIpc) is 2.87. The lowest BCUT2D eigenvalue weighted by molar-refractivity contribution is -0.124. The molecule has 1 aliphatic rings. The molecule has 1 fully saturated rings. The summed E-state index contributed by atoms with van der Waals surface area (Å²) in [5.74, 6) is 2.11. The van der Waals surface area contributed by atoms with Crippen LogP contribution in [0.25, 0.3) is 10.9 Å². The molecule has 36 heavy (non-hydrogen) atoms. The summed E-state index contributed by atoms with van der Waals surface area (Å²) in [5, 5.41) is 6.79. The number of anilines is 2. The van der Waals surface area contributed by atoms with E-state index < -0.39 is 0 Å². The first-order valence-electron chi connectivity index (χ1n) is 12.4. The van der Waals surface area contributed by atoms with E-state index in [1.54, 1.807) is 7.11 Å². The molecular formula is C28H33BrN4O3. The summed E-state index contributed by atoms with van der Waals surface area (Å²) >= 11 is 3.43. The minimum Gasteiger partial charge on any atom is -0.496 e. The Morgan fingerprint density at radius 3 is 2.58 bits per heavy atom. The predicted molar refractivity (Wildman–Crippen MR) is 147 cm³/mol. The maximum Gasteiger partial charge on any atom is 0.224 e. The molecule has 1 saturated heterocycles. The van der Waals surface area contributed by atoms with Gasteiger partial charge in [0.2, 0.25) is 11.8 Å². The largest absolute Gasteiger partial charge is 0.496 e. The number of nitrogens with one attached hydrogen (secondary N) is 2. The van der Waals surface area contributed by atoms with Crippen molar-refractivity contribution in [2.75, 3.05) is 30.4 Å². The van der Waals surface area contributed by atoms with Crippen molar-refractivity contribution in [1.82, 2.24) is 10.3 Å². The molecule has 0 radical (unpaired) electrons. The fraction of sp³-hybridized carbons (Fsp3) is 0.393. The van der Waals surface area contributed by atoms with Crippen molar-refractivity contribution in [3.63, 3.8) is 0 Å². The fourth-order valence-electron chi connectivity index (χ4n) is 4.47. The molecule has 1 aromatic heterocycles. The molecule has 2 aromatic carbocycles. The number of piperidine rings is 1. The number of methoxy groups -OCH3 is 1. The van der Waals surface area contributed by atoms with Crippen LogP contribution in [0.3, 0.4) is 0 Å². The highest BCUT2D eigenvalue weighted by Crippen LogP contribution is 2.28. The van der Waals surface area contributed by atoms with Gasteiger partial charge in [0.25, 0.3) is 0 Å². The normalized spacial score (nSPS) is 14.1. The second-order valence-corrected chi connectivity index (χ2v) is 10.4. The molecule has 0 aliphatic carbocycles. The Kier molecular flexibility index (Phi) is 8.46. The molecule has 3 aromatic rings. The van der Waals surface area contributed by atoms with Gasteiger partial charge in [0.1, 0.15) is 11.6 Å². The van der Waals surface area contributed by atoms with Crippen molar-refractivity contribution >= 4 is 50.2 Å². The number of nitrogens with zero attached hydrogens (tertiary/aromatic N) is 2. The predicted octanol–water partition coefficient (Wildman–Crippen LogP) is 5.59. The Hall–Kier alpha value is -3.13. The number of halogens is 1. The van der Waals surface area contributed by atoms with Crippen LogP contribution in [0, 0.1) is 12.8 Å². The average molecular weight is 554 g/mol. The molecule has 190 valence electrons. The molecule has 2 amide bonds. The van der Waals surface area contributed by atoms with Gasteiger partial charge in [-0.3, -0.25) is 9.59 Å². The highest BCUT2D eigenvalue weighted by Gasteiger charge is 2.18. The lowest BCUT2D eigenvalue weighted by Crippen LogP contribution is -2.33. The van der Waals surface area contributed by atoms with Gasteiger partial charge in [-0.25, -0.2) is 4.98 Å². The minimum absolute atomic E-state index is 0.100. The lowest BCUT2D eigenvalue weighted by atomic mass is 9.99. The van der Waals surface area contributed by atoms with Crippen molar-refractivity contribution in [3.8, 4) is 5.75 Å². The monoisotopic (exact) mass is 552 g/mol. The van der Waals surface area contributed by atoms with E-state index in [0.29, 0.717) is 18.0 Å². The van der Waals surface area contributed by atoms with Gasteiger partial charge in [0, 0.05) is 53.6 Å². The van der Waals surface area contributed by atoms with Gasteiger partial charge in [-0.2, -0.15) is 0 Å². The summed E-state index contributed by atoms with van der Waals surface area (Å²) in [6.07, 6.45) is 2.59. The van der Waals surface area contributed by atoms with E-state index >= 15 is 0 Å². The number of aryl methyl sites for hydroxylation is 1. The summed E-state index contributed by atoms with van der Waals surface area (Å²) in [5.41, 5.74) is 3.62. The molecule has 8 heteroatoms.